The van der Waals surface area contributed by atoms with Crippen molar-refractivity contribution in [3.63, 3.8) is 0 Å². The minimum Gasteiger partial charge on any atom is -0.494 e. The summed E-state index contributed by atoms with van der Waals surface area (Å²) in [5.74, 6) is -0.520. The third kappa shape index (κ3) is 6.29. The first-order valence-corrected chi connectivity index (χ1v) is 7.41. The van der Waals surface area contributed by atoms with Gasteiger partial charge in [0.15, 0.2) is 0 Å². The van der Waals surface area contributed by atoms with Gasteiger partial charge in [0.1, 0.15) is 5.75 Å². The third-order valence-electron chi connectivity index (χ3n) is 3.07. The molecule has 0 spiro atoms. The monoisotopic (exact) mass is 292 g/mol. The van der Waals surface area contributed by atoms with E-state index in [2.05, 4.69) is 17.6 Å². The maximum Gasteiger partial charge on any atom is 0.313 e. The summed E-state index contributed by atoms with van der Waals surface area (Å²) in [6, 6.07) is 6.97. The van der Waals surface area contributed by atoms with E-state index < -0.39 is 11.8 Å². The number of anilines is 1. The molecule has 0 aliphatic rings. The van der Waals surface area contributed by atoms with Crippen LogP contribution in [0.15, 0.2) is 24.3 Å². The molecule has 5 nitrogen and oxygen atoms in total. The SMILES string of the molecule is CCCCOc1ccc(NC(=O)C(=O)N[C@H](C)CC)cc1. The molecule has 0 bridgehead atoms. The van der Waals surface area contributed by atoms with Crippen molar-refractivity contribution in [3.8, 4) is 5.75 Å². The zero-order valence-electron chi connectivity index (χ0n) is 12.9. The molecular weight excluding hydrogens is 268 g/mol. The quantitative estimate of drug-likeness (QED) is 0.600. The van der Waals surface area contributed by atoms with Crippen LogP contribution in [0.25, 0.3) is 0 Å². The Morgan fingerprint density at radius 2 is 1.81 bits per heavy atom. The van der Waals surface area contributed by atoms with Gasteiger partial charge in [0.05, 0.1) is 6.61 Å². The van der Waals surface area contributed by atoms with Crippen LogP contribution in [-0.2, 0) is 9.59 Å². The van der Waals surface area contributed by atoms with Gasteiger partial charge in [-0.05, 0) is 44.0 Å². The van der Waals surface area contributed by atoms with E-state index in [-0.39, 0.29) is 6.04 Å². The van der Waals surface area contributed by atoms with E-state index in [1.54, 1.807) is 24.3 Å². The highest BCUT2D eigenvalue weighted by Crippen LogP contribution is 2.16. The Bertz CT molecular complexity index is 457. The number of rotatable bonds is 7. The topological polar surface area (TPSA) is 67.4 Å². The van der Waals surface area contributed by atoms with E-state index in [1.165, 1.54) is 0 Å². The van der Waals surface area contributed by atoms with Gasteiger partial charge in [0, 0.05) is 11.7 Å². The van der Waals surface area contributed by atoms with Gasteiger partial charge >= 0.3 is 11.8 Å². The van der Waals surface area contributed by atoms with Crippen LogP contribution in [0.5, 0.6) is 5.75 Å². The number of carbonyl (C=O) groups excluding carboxylic acids is 2. The zero-order chi connectivity index (χ0) is 15.7. The number of ether oxygens (including phenoxy) is 1. The van der Waals surface area contributed by atoms with Crippen LogP contribution in [0.3, 0.4) is 0 Å². The molecule has 5 heteroatoms. The minimum atomic E-state index is -0.657. The Kier molecular flexibility index (Phi) is 7.29. The predicted octanol–water partition coefficient (Wildman–Crippen LogP) is 2.72. The normalized spacial score (nSPS) is 11.6. The molecule has 2 N–H and O–H groups in total. The summed E-state index contributed by atoms with van der Waals surface area (Å²) < 4.78 is 5.53. The van der Waals surface area contributed by atoms with E-state index in [0.29, 0.717) is 12.3 Å². The van der Waals surface area contributed by atoms with Gasteiger partial charge in [-0.3, -0.25) is 9.59 Å². The number of amides is 2. The summed E-state index contributed by atoms with van der Waals surface area (Å²) in [5.41, 5.74) is 0.571. The second-order valence-electron chi connectivity index (χ2n) is 4.96. The number of unbranched alkanes of at least 4 members (excludes halogenated alkanes) is 1. The van der Waals surface area contributed by atoms with Crippen LogP contribution >= 0.6 is 0 Å². The average molecular weight is 292 g/mol. The van der Waals surface area contributed by atoms with Crippen LogP contribution in [0.4, 0.5) is 5.69 Å². The van der Waals surface area contributed by atoms with Crippen molar-refractivity contribution < 1.29 is 14.3 Å². The van der Waals surface area contributed by atoms with Gasteiger partial charge in [-0.1, -0.05) is 20.3 Å². The molecule has 0 radical (unpaired) electrons. The molecule has 0 fully saturated rings. The lowest BCUT2D eigenvalue weighted by Gasteiger charge is -2.11. The molecule has 1 aromatic carbocycles. The Morgan fingerprint density at radius 3 is 2.38 bits per heavy atom. The van der Waals surface area contributed by atoms with Crippen LogP contribution < -0.4 is 15.4 Å². The van der Waals surface area contributed by atoms with Crippen LogP contribution in [0.1, 0.15) is 40.0 Å². The lowest BCUT2D eigenvalue weighted by Crippen LogP contribution is -2.40. The van der Waals surface area contributed by atoms with E-state index >= 15 is 0 Å². The fourth-order valence-corrected chi connectivity index (χ4v) is 1.55. The van der Waals surface area contributed by atoms with Crippen LogP contribution in [-0.4, -0.2) is 24.5 Å². The lowest BCUT2D eigenvalue weighted by molar-refractivity contribution is -0.136. The van der Waals surface area contributed by atoms with Gasteiger partial charge in [-0.2, -0.15) is 0 Å². The Balaban J connectivity index is 2.47. The summed E-state index contributed by atoms with van der Waals surface area (Å²) in [4.78, 5) is 23.3. The number of nitrogens with one attached hydrogen (secondary N) is 2. The van der Waals surface area contributed by atoms with Gasteiger partial charge < -0.3 is 15.4 Å². The highest BCUT2D eigenvalue weighted by Gasteiger charge is 2.15. The number of hydrogen-bond donors (Lipinski definition) is 2. The molecule has 1 rings (SSSR count). The fourth-order valence-electron chi connectivity index (χ4n) is 1.55. The Morgan fingerprint density at radius 1 is 1.14 bits per heavy atom. The zero-order valence-corrected chi connectivity index (χ0v) is 12.9. The van der Waals surface area contributed by atoms with Crippen LogP contribution in [0, 0.1) is 0 Å². The van der Waals surface area contributed by atoms with Gasteiger partial charge in [0.25, 0.3) is 0 Å². The fraction of sp³-hybridized carbons (Fsp3) is 0.500. The van der Waals surface area contributed by atoms with Crippen molar-refractivity contribution in [2.24, 2.45) is 0 Å². The van der Waals surface area contributed by atoms with Crippen molar-refractivity contribution in [1.29, 1.82) is 0 Å². The van der Waals surface area contributed by atoms with Gasteiger partial charge in [-0.25, -0.2) is 0 Å². The highest BCUT2D eigenvalue weighted by atomic mass is 16.5. The van der Waals surface area contributed by atoms with E-state index in [4.69, 9.17) is 4.74 Å². The molecule has 0 unspecified atom stereocenters. The Hall–Kier alpha value is -2.04. The van der Waals surface area contributed by atoms with Crippen molar-refractivity contribution in [1.82, 2.24) is 5.32 Å². The minimum absolute atomic E-state index is 0.0161. The first kappa shape index (κ1) is 17.0. The summed E-state index contributed by atoms with van der Waals surface area (Å²) in [7, 11) is 0. The summed E-state index contributed by atoms with van der Waals surface area (Å²) in [6.07, 6.45) is 2.87. The molecule has 2 amide bonds. The first-order chi connectivity index (χ1) is 10.1. The van der Waals surface area contributed by atoms with E-state index in [0.717, 1.165) is 25.0 Å². The molecule has 116 valence electrons. The molecular formula is C16H24N2O3. The summed E-state index contributed by atoms with van der Waals surface area (Å²) >= 11 is 0. The second kappa shape index (κ2) is 9.00. The standard InChI is InChI=1S/C16H24N2O3/c1-4-6-11-21-14-9-7-13(8-10-14)18-16(20)15(19)17-12(3)5-2/h7-10,12H,4-6,11H2,1-3H3,(H,17,19)(H,18,20)/t12-/m1/s1. The molecule has 0 saturated heterocycles. The van der Waals surface area contributed by atoms with Gasteiger partial charge in [-0.15, -0.1) is 0 Å². The van der Waals surface area contributed by atoms with Crippen molar-refractivity contribution >= 4 is 17.5 Å². The van der Waals surface area contributed by atoms with E-state index in [9.17, 15) is 9.59 Å². The van der Waals surface area contributed by atoms with E-state index in [1.807, 2.05) is 13.8 Å². The van der Waals surface area contributed by atoms with Crippen molar-refractivity contribution in [2.45, 2.75) is 46.1 Å². The molecule has 0 saturated carbocycles. The molecule has 1 aromatic rings. The number of carbonyl (C=O) groups is 2. The number of benzene rings is 1. The lowest BCUT2D eigenvalue weighted by atomic mass is 10.2. The molecule has 0 aliphatic carbocycles. The first-order valence-electron chi connectivity index (χ1n) is 7.41. The highest BCUT2D eigenvalue weighted by molar-refractivity contribution is 6.39. The predicted molar refractivity (Wildman–Crippen MR) is 83.4 cm³/mol. The number of hydrogen-bond acceptors (Lipinski definition) is 3. The summed E-state index contributed by atoms with van der Waals surface area (Å²) in [6.45, 7) is 6.58. The molecule has 21 heavy (non-hydrogen) atoms. The third-order valence-corrected chi connectivity index (χ3v) is 3.07. The maximum atomic E-state index is 11.7. The van der Waals surface area contributed by atoms with Crippen LogP contribution in [0.2, 0.25) is 0 Å². The van der Waals surface area contributed by atoms with Crippen molar-refractivity contribution in [3.05, 3.63) is 24.3 Å². The Labute approximate surface area is 126 Å². The maximum absolute atomic E-state index is 11.7. The molecule has 0 aliphatic heterocycles. The summed E-state index contributed by atoms with van der Waals surface area (Å²) in [5, 5.41) is 5.18. The van der Waals surface area contributed by atoms with Gasteiger partial charge in [0.2, 0.25) is 0 Å². The smallest absolute Gasteiger partial charge is 0.313 e. The second-order valence-corrected chi connectivity index (χ2v) is 4.96. The largest absolute Gasteiger partial charge is 0.494 e. The van der Waals surface area contributed by atoms with Crippen molar-refractivity contribution in [2.75, 3.05) is 11.9 Å². The molecule has 1 atom stereocenters. The molecule has 0 aromatic heterocycles. The average Bonchev–Trinajstić information content (AvgIpc) is 2.49. The molecule has 0 heterocycles.